The molecule has 1 aliphatic carbocycles. The summed E-state index contributed by atoms with van der Waals surface area (Å²) in [6, 6.07) is 10.1. The number of benzene rings is 1. The fourth-order valence-electron chi connectivity index (χ4n) is 5.89. The molecule has 1 saturated heterocycles. The van der Waals surface area contributed by atoms with Gasteiger partial charge in [-0.25, -0.2) is 15.0 Å². The number of fused-ring (bicyclic) bond motifs is 4. The van der Waals surface area contributed by atoms with E-state index < -0.39 is 5.60 Å². The number of nitrogens with one attached hydrogen (secondary N) is 2. The maximum absolute atomic E-state index is 11.3. The summed E-state index contributed by atoms with van der Waals surface area (Å²) in [5, 5.41) is 17.8. The lowest BCUT2D eigenvalue weighted by Crippen LogP contribution is -2.59. The zero-order chi connectivity index (χ0) is 24.4. The van der Waals surface area contributed by atoms with Crippen molar-refractivity contribution >= 4 is 38.7 Å². The molecule has 0 amide bonds. The molecule has 8 heteroatoms. The van der Waals surface area contributed by atoms with Crippen LogP contribution in [0.3, 0.4) is 0 Å². The standard InChI is InChI=1S/C28H29N7O/c1-28(36)15-29-11-10-22(28)35(2)27-24-19(16-7-8-16)13-30-14-21(24)33-25(34-27)18-9-12-31-26-23(18)17-5-3-4-6-20(17)32-26/h3-6,9,12-14,16,22,29,36H,7-8,10-11,15H2,1-2H3,(H,31,32)/t22-,28-/m1/s1. The highest BCUT2D eigenvalue weighted by molar-refractivity contribution is 6.12. The Morgan fingerprint density at radius 2 is 1.92 bits per heavy atom. The molecule has 0 radical (unpaired) electrons. The maximum Gasteiger partial charge on any atom is 0.163 e. The van der Waals surface area contributed by atoms with Crippen LogP contribution in [0, 0.1) is 0 Å². The van der Waals surface area contributed by atoms with Crippen LogP contribution < -0.4 is 10.2 Å². The van der Waals surface area contributed by atoms with Crippen molar-refractivity contribution in [3.05, 3.63) is 54.5 Å². The highest BCUT2D eigenvalue weighted by Gasteiger charge is 2.39. The minimum absolute atomic E-state index is 0.0736. The summed E-state index contributed by atoms with van der Waals surface area (Å²) in [5.74, 6) is 2.00. The fraction of sp³-hybridized carbons (Fsp3) is 0.357. The molecule has 2 aliphatic rings. The second-order valence-corrected chi connectivity index (χ2v) is 10.5. The van der Waals surface area contributed by atoms with Crippen LogP contribution in [0.5, 0.6) is 0 Å². The van der Waals surface area contributed by atoms with E-state index in [0.717, 1.165) is 70.0 Å². The lowest BCUT2D eigenvalue weighted by Gasteiger charge is -2.43. The number of aliphatic hydroxyl groups is 1. The van der Waals surface area contributed by atoms with Gasteiger partial charge in [-0.3, -0.25) is 4.98 Å². The minimum atomic E-state index is -0.877. The van der Waals surface area contributed by atoms with Gasteiger partial charge in [-0.15, -0.1) is 0 Å². The summed E-state index contributed by atoms with van der Waals surface area (Å²) in [6.07, 6.45) is 8.79. The third-order valence-electron chi connectivity index (χ3n) is 7.87. The molecule has 1 aromatic carbocycles. The first-order valence-corrected chi connectivity index (χ1v) is 12.7. The molecular formula is C28H29N7O. The number of aromatic nitrogens is 5. The van der Waals surface area contributed by atoms with Crippen LogP contribution in [0.25, 0.3) is 44.2 Å². The average molecular weight is 480 g/mol. The second kappa shape index (κ2) is 7.94. The van der Waals surface area contributed by atoms with Gasteiger partial charge in [-0.2, -0.15) is 0 Å². The molecule has 1 saturated carbocycles. The number of pyridine rings is 2. The highest BCUT2D eigenvalue weighted by atomic mass is 16.3. The van der Waals surface area contributed by atoms with Crippen LogP contribution in [-0.2, 0) is 0 Å². The molecule has 0 unspecified atom stereocenters. The fourth-order valence-corrected chi connectivity index (χ4v) is 5.89. The van der Waals surface area contributed by atoms with E-state index in [1.54, 1.807) is 6.20 Å². The van der Waals surface area contributed by atoms with Crippen molar-refractivity contribution in [1.82, 2.24) is 30.2 Å². The number of rotatable bonds is 4. The number of hydrogen-bond donors (Lipinski definition) is 3. The Balaban J connectivity index is 1.49. The van der Waals surface area contributed by atoms with E-state index in [0.29, 0.717) is 18.3 Å². The van der Waals surface area contributed by atoms with Gasteiger partial charge in [0, 0.05) is 53.2 Å². The smallest absolute Gasteiger partial charge is 0.163 e. The topological polar surface area (TPSA) is 103 Å². The zero-order valence-electron chi connectivity index (χ0n) is 20.5. The number of hydrogen-bond acceptors (Lipinski definition) is 7. The van der Waals surface area contributed by atoms with E-state index in [4.69, 9.17) is 9.97 Å². The predicted molar refractivity (Wildman–Crippen MR) is 142 cm³/mol. The Bertz CT molecular complexity index is 1620. The SMILES string of the molecule is CN(c1nc(-c2ccnc3[nH]c4ccccc4c23)nc2cncc(C3CC3)c12)[C@@H]1CCNC[C@@]1(C)O. The Hall–Kier alpha value is -3.62. The van der Waals surface area contributed by atoms with E-state index in [-0.39, 0.29) is 6.04 Å². The molecule has 7 rings (SSSR count). The monoisotopic (exact) mass is 479 g/mol. The molecule has 1 aliphatic heterocycles. The minimum Gasteiger partial charge on any atom is -0.387 e. The third-order valence-corrected chi connectivity index (χ3v) is 7.87. The number of para-hydroxylation sites is 1. The molecular weight excluding hydrogens is 450 g/mol. The number of nitrogens with zero attached hydrogens (tertiary/aromatic N) is 5. The van der Waals surface area contributed by atoms with Gasteiger partial charge in [0.15, 0.2) is 5.82 Å². The summed E-state index contributed by atoms with van der Waals surface area (Å²) in [7, 11) is 2.06. The van der Waals surface area contributed by atoms with Gasteiger partial charge in [0.1, 0.15) is 11.5 Å². The van der Waals surface area contributed by atoms with Crippen molar-refractivity contribution in [1.29, 1.82) is 0 Å². The first kappa shape index (κ1) is 21.6. The molecule has 8 nitrogen and oxygen atoms in total. The van der Waals surface area contributed by atoms with Gasteiger partial charge >= 0.3 is 0 Å². The second-order valence-electron chi connectivity index (χ2n) is 10.5. The number of likely N-dealkylation sites (N-methyl/N-ethyl adjacent to an activating group) is 1. The first-order valence-electron chi connectivity index (χ1n) is 12.7. The summed E-state index contributed by atoms with van der Waals surface area (Å²) < 4.78 is 0. The molecule has 5 heterocycles. The Morgan fingerprint density at radius 1 is 1.06 bits per heavy atom. The average Bonchev–Trinajstić information content (AvgIpc) is 3.66. The Kier molecular flexibility index (Phi) is 4.78. The van der Waals surface area contributed by atoms with Crippen LogP contribution in [-0.4, -0.2) is 61.8 Å². The van der Waals surface area contributed by atoms with Gasteiger partial charge in [0.25, 0.3) is 0 Å². The number of H-pyrrole nitrogens is 1. The highest BCUT2D eigenvalue weighted by Crippen LogP contribution is 2.45. The van der Waals surface area contributed by atoms with Crippen LogP contribution in [0.2, 0.25) is 0 Å². The van der Waals surface area contributed by atoms with E-state index in [1.807, 2.05) is 37.5 Å². The largest absolute Gasteiger partial charge is 0.387 e. The number of β-amino-alcohol motifs (C(OH)–C–C–N with tert-alkyl or cyclic N) is 1. The predicted octanol–water partition coefficient (Wildman–Crippen LogP) is 4.15. The summed E-state index contributed by atoms with van der Waals surface area (Å²) in [6.45, 7) is 3.32. The molecule has 2 atom stereocenters. The molecule has 0 bridgehead atoms. The lowest BCUT2D eigenvalue weighted by atomic mass is 9.89. The summed E-state index contributed by atoms with van der Waals surface area (Å²) in [5.41, 5.74) is 3.96. The van der Waals surface area contributed by atoms with Crippen LogP contribution in [0.1, 0.15) is 37.7 Å². The van der Waals surface area contributed by atoms with Crippen LogP contribution in [0.15, 0.2) is 48.9 Å². The molecule has 3 N–H and O–H groups in total. The Labute approximate surface area is 208 Å². The summed E-state index contributed by atoms with van der Waals surface area (Å²) in [4.78, 5) is 25.1. The number of piperidine rings is 1. The third kappa shape index (κ3) is 3.36. The molecule has 0 spiro atoms. The van der Waals surface area contributed by atoms with E-state index >= 15 is 0 Å². The van der Waals surface area contributed by atoms with Crippen LogP contribution in [0.4, 0.5) is 5.82 Å². The molecule has 2 fully saturated rings. The quantitative estimate of drug-likeness (QED) is 0.356. The van der Waals surface area contributed by atoms with Crippen molar-refractivity contribution in [2.45, 2.75) is 43.7 Å². The van der Waals surface area contributed by atoms with Crippen LogP contribution >= 0.6 is 0 Å². The normalized spacial score (nSPS) is 22.5. The van der Waals surface area contributed by atoms with Gasteiger partial charge < -0.3 is 20.3 Å². The zero-order valence-corrected chi connectivity index (χ0v) is 20.5. The van der Waals surface area contributed by atoms with Crippen molar-refractivity contribution in [2.75, 3.05) is 25.0 Å². The molecule has 5 aromatic rings. The number of aromatic amines is 1. The van der Waals surface area contributed by atoms with Gasteiger partial charge in [-0.1, -0.05) is 18.2 Å². The van der Waals surface area contributed by atoms with Crippen molar-refractivity contribution in [3.63, 3.8) is 0 Å². The van der Waals surface area contributed by atoms with E-state index in [2.05, 4.69) is 44.3 Å². The number of anilines is 1. The van der Waals surface area contributed by atoms with Gasteiger partial charge in [0.2, 0.25) is 0 Å². The molecule has 4 aromatic heterocycles. The van der Waals surface area contributed by atoms with Crippen molar-refractivity contribution < 1.29 is 5.11 Å². The molecule has 36 heavy (non-hydrogen) atoms. The maximum atomic E-state index is 11.3. The molecule has 182 valence electrons. The van der Waals surface area contributed by atoms with Crippen molar-refractivity contribution in [3.8, 4) is 11.4 Å². The summed E-state index contributed by atoms with van der Waals surface area (Å²) >= 11 is 0. The van der Waals surface area contributed by atoms with E-state index in [9.17, 15) is 5.11 Å². The first-order chi connectivity index (χ1) is 17.5. The van der Waals surface area contributed by atoms with Gasteiger partial charge in [-0.05, 0) is 56.3 Å². The Morgan fingerprint density at radius 3 is 2.75 bits per heavy atom. The van der Waals surface area contributed by atoms with Crippen molar-refractivity contribution in [2.24, 2.45) is 0 Å². The van der Waals surface area contributed by atoms with Gasteiger partial charge in [0.05, 0.1) is 23.4 Å². The lowest BCUT2D eigenvalue weighted by molar-refractivity contribution is 0.0143. The van der Waals surface area contributed by atoms with E-state index in [1.165, 1.54) is 5.56 Å².